The van der Waals surface area contributed by atoms with Gasteiger partial charge in [0.15, 0.2) is 0 Å². The van der Waals surface area contributed by atoms with Gasteiger partial charge in [0.25, 0.3) is 11.8 Å². The molecule has 1 aliphatic heterocycles. The number of allylic oxidation sites excluding steroid dienone is 1. The highest BCUT2D eigenvalue weighted by Gasteiger charge is 2.43. The number of carbonyl (C=O) groups is 2. The molecule has 2 aromatic rings. The minimum atomic E-state index is -5.35. The Balaban J connectivity index is 1.96. The average Bonchev–Trinajstić information content (AvgIpc) is 3.19. The molecule has 1 aliphatic rings. The summed E-state index contributed by atoms with van der Waals surface area (Å²) in [5.74, 6) is -7.42. The third-order valence-electron chi connectivity index (χ3n) is 5.74. The standard InChI is InChI=1S/C25H16Cl2F10N2O3/c1-2-11-5-13(7-17(26)20(11)27)15(24(32,33)34)8-18(28)12-3-4-14(16(6-12)25(35,36)37)21(40)38-19-9-42-39(22(19)41)10-23(29,30)31/h2-8,15,19H,1,9-10H2,(H,38,40)/b18-8-/t15-,19-/m1/s1. The number of hydrogen-bond donors (Lipinski definition) is 1. The summed E-state index contributed by atoms with van der Waals surface area (Å²) < 4.78 is 136. The van der Waals surface area contributed by atoms with Crippen LogP contribution in [0.25, 0.3) is 11.9 Å². The van der Waals surface area contributed by atoms with Crippen LogP contribution in [0.15, 0.2) is 43.0 Å². The Morgan fingerprint density at radius 1 is 1.10 bits per heavy atom. The molecule has 0 bridgehead atoms. The van der Waals surface area contributed by atoms with Crippen molar-refractivity contribution in [1.82, 2.24) is 10.4 Å². The van der Waals surface area contributed by atoms with Crippen LogP contribution >= 0.6 is 23.2 Å². The zero-order valence-corrected chi connectivity index (χ0v) is 22.0. The monoisotopic (exact) mass is 652 g/mol. The van der Waals surface area contributed by atoms with Crippen LogP contribution in [-0.2, 0) is 15.8 Å². The number of hydrogen-bond acceptors (Lipinski definition) is 3. The molecule has 0 radical (unpaired) electrons. The number of hydroxylamine groups is 2. The first-order valence-electron chi connectivity index (χ1n) is 11.3. The first-order valence-corrected chi connectivity index (χ1v) is 12.1. The van der Waals surface area contributed by atoms with E-state index in [0.717, 1.165) is 18.2 Å². The maximum atomic E-state index is 15.1. The van der Waals surface area contributed by atoms with Gasteiger partial charge in [-0.25, -0.2) is 9.45 Å². The van der Waals surface area contributed by atoms with Gasteiger partial charge in [-0.3, -0.25) is 14.4 Å². The first kappa shape index (κ1) is 33.2. The summed E-state index contributed by atoms with van der Waals surface area (Å²) in [5.41, 5.74) is -4.60. The van der Waals surface area contributed by atoms with E-state index in [0.29, 0.717) is 12.1 Å². The maximum Gasteiger partial charge on any atom is 0.417 e. The van der Waals surface area contributed by atoms with Crippen LogP contribution in [0.4, 0.5) is 43.9 Å². The van der Waals surface area contributed by atoms with Crippen LogP contribution in [0.5, 0.6) is 0 Å². The molecule has 1 saturated heterocycles. The molecular formula is C25H16Cl2F10N2O3. The number of halogens is 12. The summed E-state index contributed by atoms with van der Waals surface area (Å²) in [4.78, 5) is 29.1. The van der Waals surface area contributed by atoms with E-state index >= 15 is 4.39 Å². The van der Waals surface area contributed by atoms with Crippen molar-refractivity contribution >= 4 is 46.9 Å². The normalized spacial score (nSPS) is 17.4. The van der Waals surface area contributed by atoms with Crippen molar-refractivity contribution in [3.05, 3.63) is 80.8 Å². The van der Waals surface area contributed by atoms with E-state index in [1.54, 1.807) is 5.32 Å². The largest absolute Gasteiger partial charge is 0.417 e. The zero-order chi connectivity index (χ0) is 31.8. The average molecular weight is 653 g/mol. The lowest BCUT2D eigenvalue weighted by molar-refractivity contribution is -0.214. The lowest BCUT2D eigenvalue weighted by Gasteiger charge is -2.20. The van der Waals surface area contributed by atoms with Gasteiger partial charge in [0.05, 0.1) is 21.2 Å². The van der Waals surface area contributed by atoms with E-state index in [-0.39, 0.29) is 32.8 Å². The van der Waals surface area contributed by atoms with Crippen LogP contribution in [0, 0.1) is 0 Å². The Labute approximate surface area is 240 Å². The van der Waals surface area contributed by atoms with Crippen molar-refractivity contribution in [1.29, 1.82) is 0 Å². The molecule has 1 heterocycles. The molecule has 2 amide bonds. The highest BCUT2D eigenvalue weighted by atomic mass is 35.5. The van der Waals surface area contributed by atoms with Crippen LogP contribution in [0.3, 0.4) is 0 Å². The van der Waals surface area contributed by atoms with Crippen molar-refractivity contribution in [3.8, 4) is 0 Å². The third kappa shape index (κ3) is 7.75. The summed E-state index contributed by atoms with van der Waals surface area (Å²) in [5, 5.41) is 1.22. The van der Waals surface area contributed by atoms with Gasteiger partial charge in [0.1, 0.15) is 30.9 Å². The first-order chi connectivity index (χ1) is 19.2. The molecule has 42 heavy (non-hydrogen) atoms. The molecule has 0 unspecified atom stereocenters. The Kier molecular flexibility index (Phi) is 9.59. The van der Waals surface area contributed by atoms with Crippen molar-refractivity contribution in [3.63, 3.8) is 0 Å². The second-order valence-corrected chi connectivity index (χ2v) is 9.50. The predicted molar refractivity (Wildman–Crippen MR) is 131 cm³/mol. The van der Waals surface area contributed by atoms with Crippen LogP contribution in [0.1, 0.15) is 38.5 Å². The summed E-state index contributed by atoms with van der Waals surface area (Å²) >= 11 is 11.8. The molecule has 2 aromatic carbocycles. The number of rotatable bonds is 7. The van der Waals surface area contributed by atoms with Crippen LogP contribution in [-0.4, -0.2) is 48.4 Å². The summed E-state index contributed by atoms with van der Waals surface area (Å²) in [6.45, 7) is 0.721. The summed E-state index contributed by atoms with van der Waals surface area (Å²) in [6.07, 6.45) is -14.3. The Morgan fingerprint density at radius 2 is 1.74 bits per heavy atom. The second kappa shape index (κ2) is 12.1. The fourth-order valence-corrected chi connectivity index (χ4v) is 4.23. The minimum absolute atomic E-state index is 0.00539. The van der Waals surface area contributed by atoms with Gasteiger partial charge >= 0.3 is 18.5 Å². The molecule has 5 nitrogen and oxygen atoms in total. The van der Waals surface area contributed by atoms with Gasteiger partial charge in [0.2, 0.25) is 0 Å². The predicted octanol–water partition coefficient (Wildman–Crippen LogP) is 7.75. The van der Waals surface area contributed by atoms with E-state index < -0.39 is 83.5 Å². The van der Waals surface area contributed by atoms with Crippen LogP contribution in [0.2, 0.25) is 10.0 Å². The fourth-order valence-electron chi connectivity index (χ4n) is 3.81. The molecule has 0 spiro atoms. The maximum absolute atomic E-state index is 15.1. The molecule has 0 aromatic heterocycles. The molecular weight excluding hydrogens is 637 g/mol. The third-order valence-corrected chi connectivity index (χ3v) is 6.55. The fraction of sp³-hybridized carbons (Fsp3) is 0.280. The van der Waals surface area contributed by atoms with Gasteiger partial charge < -0.3 is 5.32 Å². The van der Waals surface area contributed by atoms with Gasteiger partial charge in [-0.05, 0) is 41.5 Å². The van der Waals surface area contributed by atoms with E-state index in [1.165, 1.54) is 0 Å². The molecule has 228 valence electrons. The smallest absolute Gasteiger partial charge is 0.338 e. The van der Waals surface area contributed by atoms with Crippen LogP contribution < -0.4 is 5.32 Å². The lowest BCUT2D eigenvalue weighted by atomic mass is 9.94. The lowest BCUT2D eigenvalue weighted by Crippen LogP contribution is -2.44. The van der Waals surface area contributed by atoms with E-state index in [4.69, 9.17) is 23.2 Å². The molecule has 0 aliphatic carbocycles. The highest BCUT2D eigenvalue weighted by Crippen LogP contribution is 2.42. The van der Waals surface area contributed by atoms with Gasteiger partial charge in [0, 0.05) is 5.56 Å². The molecule has 0 saturated carbocycles. The second-order valence-electron chi connectivity index (χ2n) is 8.71. The van der Waals surface area contributed by atoms with Crippen molar-refractivity contribution in [2.75, 3.05) is 13.2 Å². The van der Waals surface area contributed by atoms with E-state index in [2.05, 4.69) is 11.4 Å². The Hall–Kier alpha value is -3.30. The van der Waals surface area contributed by atoms with Gasteiger partial charge in [-0.15, -0.1) is 0 Å². The molecule has 1 fully saturated rings. The Bertz CT molecular complexity index is 1420. The molecule has 3 rings (SSSR count). The van der Waals surface area contributed by atoms with Gasteiger partial charge in [-0.2, -0.15) is 39.5 Å². The van der Waals surface area contributed by atoms with Crippen molar-refractivity contribution in [2.24, 2.45) is 0 Å². The van der Waals surface area contributed by atoms with Gasteiger partial charge in [-0.1, -0.05) is 41.9 Å². The molecule has 1 N–H and O–H groups in total. The van der Waals surface area contributed by atoms with Crippen molar-refractivity contribution in [2.45, 2.75) is 30.5 Å². The number of benzene rings is 2. The molecule has 17 heteroatoms. The summed E-state index contributed by atoms with van der Waals surface area (Å²) in [7, 11) is 0. The number of nitrogens with zero attached hydrogens (tertiary/aromatic N) is 1. The number of amides is 2. The highest BCUT2D eigenvalue weighted by molar-refractivity contribution is 6.43. The summed E-state index contributed by atoms with van der Waals surface area (Å²) in [6, 6.07) is 1.03. The number of nitrogens with one attached hydrogen (secondary N) is 1. The quantitative estimate of drug-likeness (QED) is 0.311. The molecule has 2 atom stereocenters. The van der Waals surface area contributed by atoms with E-state index in [1.807, 2.05) is 0 Å². The topological polar surface area (TPSA) is 58.6 Å². The minimum Gasteiger partial charge on any atom is -0.338 e. The zero-order valence-electron chi connectivity index (χ0n) is 20.5. The van der Waals surface area contributed by atoms with E-state index in [9.17, 15) is 49.1 Å². The SMILES string of the molecule is C=Cc1cc([C@@H](/C=C(\F)c2ccc(C(=O)N[C@@H]3CON(CC(F)(F)F)C3=O)c(C(F)(F)F)c2)C(F)(F)F)cc(Cl)c1Cl. The van der Waals surface area contributed by atoms with Crippen molar-refractivity contribution < 1.29 is 58.3 Å². The number of carbonyl (C=O) groups excluding carboxylic acids is 2. The number of alkyl halides is 9. The Morgan fingerprint density at radius 3 is 2.29 bits per heavy atom.